The topological polar surface area (TPSA) is 68.0 Å². The standard InChI is InChI=1S/C12H21N3O2S/c1-5-9(6-2)11-13-14-12(15(11)8(3)4)18-7-10(16)17/h8-9H,5-7H2,1-4H3,(H,16,17). The average molecular weight is 271 g/mol. The van der Waals surface area contributed by atoms with Crippen molar-refractivity contribution in [3.8, 4) is 0 Å². The van der Waals surface area contributed by atoms with Gasteiger partial charge in [0.05, 0.1) is 5.75 Å². The first-order valence-electron chi connectivity index (χ1n) is 6.30. The zero-order chi connectivity index (χ0) is 13.7. The molecule has 1 aromatic rings. The molecular weight excluding hydrogens is 250 g/mol. The highest BCUT2D eigenvalue weighted by molar-refractivity contribution is 7.99. The number of carbonyl (C=O) groups is 1. The number of carboxylic acids is 1. The van der Waals surface area contributed by atoms with E-state index in [9.17, 15) is 4.79 Å². The van der Waals surface area contributed by atoms with Crippen molar-refractivity contribution in [3.05, 3.63) is 5.82 Å². The molecule has 0 spiro atoms. The third-order valence-electron chi connectivity index (χ3n) is 2.88. The molecule has 0 atom stereocenters. The summed E-state index contributed by atoms with van der Waals surface area (Å²) in [5.74, 6) is 0.553. The second kappa shape index (κ2) is 6.78. The monoisotopic (exact) mass is 271 g/mol. The summed E-state index contributed by atoms with van der Waals surface area (Å²) in [6.07, 6.45) is 2.04. The van der Waals surface area contributed by atoms with Crippen LogP contribution in [-0.4, -0.2) is 31.6 Å². The third-order valence-corrected chi connectivity index (χ3v) is 3.81. The number of aromatic nitrogens is 3. The molecule has 0 aliphatic heterocycles. The largest absolute Gasteiger partial charge is 0.481 e. The van der Waals surface area contributed by atoms with Gasteiger partial charge in [0.1, 0.15) is 5.82 Å². The van der Waals surface area contributed by atoms with Crippen LogP contribution in [0.15, 0.2) is 5.16 Å². The van der Waals surface area contributed by atoms with Gasteiger partial charge in [0.15, 0.2) is 5.16 Å². The van der Waals surface area contributed by atoms with E-state index >= 15 is 0 Å². The smallest absolute Gasteiger partial charge is 0.313 e. The Balaban J connectivity index is 3.02. The molecule has 1 heterocycles. The SMILES string of the molecule is CCC(CC)c1nnc(SCC(=O)O)n1C(C)C. The van der Waals surface area contributed by atoms with Crippen LogP contribution in [0.1, 0.15) is 58.3 Å². The molecule has 0 amide bonds. The molecule has 0 aliphatic rings. The van der Waals surface area contributed by atoms with Crippen LogP contribution < -0.4 is 0 Å². The Labute approximate surface area is 112 Å². The molecule has 0 aliphatic carbocycles. The summed E-state index contributed by atoms with van der Waals surface area (Å²) in [4.78, 5) is 10.6. The molecule has 6 heteroatoms. The lowest BCUT2D eigenvalue weighted by atomic mass is 10.0. The van der Waals surface area contributed by atoms with Gasteiger partial charge in [0.2, 0.25) is 0 Å². The van der Waals surface area contributed by atoms with Crippen LogP contribution in [0.5, 0.6) is 0 Å². The highest BCUT2D eigenvalue weighted by Gasteiger charge is 2.21. The maximum atomic E-state index is 10.6. The van der Waals surface area contributed by atoms with Gasteiger partial charge in [-0.25, -0.2) is 0 Å². The van der Waals surface area contributed by atoms with Gasteiger partial charge < -0.3 is 9.67 Å². The summed E-state index contributed by atoms with van der Waals surface area (Å²) in [6, 6.07) is 0.242. The van der Waals surface area contributed by atoms with E-state index in [1.165, 1.54) is 11.8 Å². The minimum absolute atomic E-state index is 0.0216. The molecule has 18 heavy (non-hydrogen) atoms. The molecule has 102 valence electrons. The zero-order valence-electron chi connectivity index (χ0n) is 11.4. The quantitative estimate of drug-likeness (QED) is 0.772. The number of hydrogen-bond acceptors (Lipinski definition) is 4. The highest BCUT2D eigenvalue weighted by atomic mass is 32.2. The highest BCUT2D eigenvalue weighted by Crippen LogP contribution is 2.28. The number of aliphatic carboxylic acids is 1. The molecule has 0 unspecified atom stereocenters. The summed E-state index contributed by atoms with van der Waals surface area (Å²) in [6.45, 7) is 8.41. The first-order valence-corrected chi connectivity index (χ1v) is 7.29. The molecule has 0 saturated carbocycles. The number of thioether (sulfide) groups is 1. The second-order valence-electron chi connectivity index (χ2n) is 4.50. The van der Waals surface area contributed by atoms with Crippen molar-refractivity contribution in [2.24, 2.45) is 0 Å². The van der Waals surface area contributed by atoms with Crippen molar-refractivity contribution in [2.45, 2.75) is 57.7 Å². The lowest BCUT2D eigenvalue weighted by Crippen LogP contribution is -2.12. The van der Waals surface area contributed by atoms with Gasteiger partial charge in [0.25, 0.3) is 0 Å². The van der Waals surface area contributed by atoms with E-state index in [0.29, 0.717) is 11.1 Å². The Hall–Kier alpha value is -1.04. The molecular formula is C12H21N3O2S. The van der Waals surface area contributed by atoms with Crippen molar-refractivity contribution in [3.63, 3.8) is 0 Å². The molecule has 0 bridgehead atoms. The van der Waals surface area contributed by atoms with E-state index in [4.69, 9.17) is 5.11 Å². The first-order chi connectivity index (χ1) is 8.51. The van der Waals surface area contributed by atoms with Gasteiger partial charge in [-0.05, 0) is 26.7 Å². The number of carboxylic acid groups (broad SMARTS) is 1. The summed E-state index contributed by atoms with van der Waals surface area (Å²) < 4.78 is 2.06. The van der Waals surface area contributed by atoms with Crippen LogP contribution >= 0.6 is 11.8 Å². The molecule has 0 radical (unpaired) electrons. The summed E-state index contributed by atoms with van der Waals surface area (Å²) in [5.41, 5.74) is 0. The molecule has 0 saturated heterocycles. The summed E-state index contributed by atoms with van der Waals surface area (Å²) in [7, 11) is 0. The summed E-state index contributed by atoms with van der Waals surface area (Å²) >= 11 is 1.23. The van der Waals surface area contributed by atoms with Gasteiger partial charge in [-0.3, -0.25) is 4.79 Å². The maximum Gasteiger partial charge on any atom is 0.313 e. The molecule has 1 rings (SSSR count). The van der Waals surface area contributed by atoms with Crippen LogP contribution in [0.2, 0.25) is 0 Å². The molecule has 0 fully saturated rings. The van der Waals surface area contributed by atoms with Crippen molar-refractivity contribution in [2.75, 3.05) is 5.75 Å². The molecule has 1 N–H and O–H groups in total. The van der Waals surface area contributed by atoms with E-state index in [1.54, 1.807) is 0 Å². The van der Waals surface area contributed by atoms with E-state index < -0.39 is 5.97 Å². The number of nitrogens with zero attached hydrogens (tertiary/aromatic N) is 3. The van der Waals surface area contributed by atoms with E-state index in [2.05, 4.69) is 42.5 Å². The fourth-order valence-electron chi connectivity index (χ4n) is 1.93. The minimum atomic E-state index is -0.831. The Kier molecular flexibility index (Phi) is 5.65. The van der Waals surface area contributed by atoms with E-state index in [0.717, 1.165) is 18.7 Å². The fraction of sp³-hybridized carbons (Fsp3) is 0.750. The predicted octanol–water partition coefficient (Wildman–Crippen LogP) is 2.94. The third kappa shape index (κ3) is 3.48. The number of hydrogen-bond donors (Lipinski definition) is 1. The van der Waals surface area contributed by atoms with Gasteiger partial charge in [0, 0.05) is 12.0 Å². The van der Waals surface area contributed by atoms with Crippen LogP contribution in [0.3, 0.4) is 0 Å². The Morgan fingerprint density at radius 2 is 1.94 bits per heavy atom. The van der Waals surface area contributed by atoms with Crippen LogP contribution in [0.25, 0.3) is 0 Å². The van der Waals surface area contributed by atoms with Crippen molar-refractivity contribution in [1.82, 2.24) is 14.8 Å². The predicted molar refractivity (Wildman–Crippen MR) is 72.1 cm³/mol. The maximum absolute atomic E-state index is 10.6. The Bertz CT molecular complexity index is 400. The number of rotatable bonds is 7. The zero-order valence-corrected chi connectivity index (χ0v) is 12.2. The van der Waals surface area contributed by atoms with E-state index in [-0.39, 0.29) is 11.8 Å². The van der Waals surface area contributed by atoms with Gasteiger partial charge in [-0.2, -0.15) is 0 Å². The van der Waals surface area contributed by atoms with Crippen molar-refractivity contribution < 1.29 is 9.90 Å². The molecule has 5 nitrogen and oxygen atoms in total. The van der Waals surface area contributed by atoms with E-state index in [1.807, 2.05) is 0 Å². The fourth-order valence-corrected chi connectivity index (χ4v) is 2.73. The van der Waals surface area contributed by atoms with Crippen LogP contribution in [0.4, 0.5) is 0 Å². The van der Waals surface area contributed by atoms with Gasteiger partial charge in [-0.1, -0.05) is 25.6 Å². The normalized spacial score (nSPS) is 11.4. The Morgan fingerprint density at radius 1 is 1.33 bits per heavy atom. The van der Waals surface area contributed by atoms with Crippen LogP contribution in [-0.2, 0) is 4.79 Å². The average Bonchev–Trinajstić information content (AvgIpc) is 2.72. The summed E-state index contributed by atoms with van der Waals surface area (Å²) in [5, 5.41) is 17.8. The minimum Gasteiger partial charge on any atom is -0.481 e. The lowest BCUT2D eigenvalue weighted by molar-refractivity contribution is -0.133. The first kappa shape index (κ1) is 15.0. The van der Waals surface area contributed by atoms with Gasteiger partial charge in [-0.15, -0.1) is 10.2 Å². The van der Waals surface area contributed by atoms with Gasteiger partial charge >= 0.3 is 5.97 Å². The van der Waals surface area contributed by atoms with Crippen molar-refractivity contribution >= 4 is 17.7 Å². The molecule has 1 aromatic heterocycles. The lowest BCUT2D eigenvalue weighted by Gasteiger charge is -2.18. The van der Waals surface area contributed by atoms with Crippen LogP contribution in [0, 0.1) is 0 Å². The molecule has 0 aromatic carbocycles. The van der Waals surface area contributed by atoms with Crippen molar-refractivity contribution in [1.29, 1.82) is 0 Å². The Morgan fingerprint density at radius 3 is 2.39 bits per heavy atom. The second-order valence-corrected chi connectivity index (χ2v) is 5.44.